The van der Waals surface area contributed by atoms with Crippen molar-refractivity contribution in [3.63, 3.8) is 0 Å². The van der Waals surface area contributed by atoms with E-state index in [-0.39, 0.29) is 21.0 Å². The fraction of sp³-hybridized carbons (Fsp3) is 0.240. The number of hydrogen-bond acceptors (Lipinski definition) is 5. The summed E-state index contributed by atoms with van der Waals surface area (Å²) in [4.78, 5) is 13.3. The third-order valence-corrected chi connectivity index (χ3v) is 7.53. The van der Waals surface area contributed by atoms with Crippen LogP contribution in [0.4, 0.5) is 5.69 Å². The second-order valence-corrected chi connectivity index (χ2v) is 11.6. The molecule has 0 unspecified atom stereocenters. The molecule has 3 aromatic rings. The number of amides is 1. The molecule has 180 valence electrons. The highest BCUT2D eigenvalue weighted by Crippen LogP contribution is 2.35. The molecule has 34 heavy (non-hydrogen) atoms. The summed E-state index contributed by atoms with van der Waals surface area (Å²) in [6.07, 6.45) is 0. The Morgan fingerprint density at radius 1 is 1.00 bits per heavy atom. The van der Waals surface area contributed by atoms with Gasteiger partial charge in [0.2, 0.25) is 0 Å². The molecule has 0 heterocycles. The summed E-state index contributed by atoms with van der Waals surface area (Å²) in [6, 6.07) is 17.5. The maximum atomic E-state index is 13.5. The van der Waals surface area contributed by atoms with Crippen molar-refractivity contribution >= 4 is 49.1 Å². The van der Waals surface area contributed by atoms with Gasteiger partial charge in [0.15, 0.2) is 6.61 Å². The molecular formula is C25H25BrClNO5S. The van der Waals surface area contributed by atoms with Gasteiger partial charge in [-0.2, -0.15) is 4.31 Å². The molecular weight excluding hydrogens is 542 g/mol. The molecule has 0 aliphatic heterocycles. The van der Waals surface area contributed by atoms with Crippen LogP contribution in [0, 0.1) is 0 Å². The van der Waals surface area contributed by atoms with Crippen molar-refractivity contribution in [1.29, 1.82) is 0 Å². The lowest BCUT2D eigenvalue weighted by molar-refractivity contribution is -0.119. The number of carbonyl (C=O) groups is 1. The molecule has 0 N–H and O–H groups in total. The van der Waals surface area contributed by atoms with Gasteiger partial charge >= 0.3 is 0 Å². The van der Waals surface area contributed by atoms with E-state index in [1.165, 1.54) is 37.4 Å². The molecule has 0 spiro atoms. The summed E-state index contributed by atoms with van der Waals surface area (Å²) >= 11 is 9.70. The van der Waals surface area contributed by atoms with Crippen LogP contribution in [0.25, 0.3) is 0 Å². The van der Waals surface area contributed by atoms with Crippen molar-refractivity contribution in [3.05, 3.63) is 81.8 Å². The van der Waals surface area contributed by atoms with Crippen LogP contribution < -0.4 is 13.8 Å². The van der Waals surface area contributed by atoms with Crippen molar-refractivity contribution in [3.8, 4) is 11.5 Å². The van der Waals surface area contributed by atoms with Crippen LogP contribution in [0.2, 0.25) is 5.02 Å². The van der Waals surface area contributed by atoms with E-state index < -0.39 is 22.5 Å². The van der Waals surface area contributed by atoms with Crippen molar-refractivity contribution in [1.82, 2.24) is 0 Å². The van der Waals surface area contributed by atoms with Gasteiger partial charge in [0, 0.05) is 10.0 Å². The predicted octanol–water partition coefficient (Wildman–Crippen LogP) is 6.21. The Bertz CT molecular complexity index is 1290. The fourth-order valence-corrected chi connectivity index (χ4v) is 5.35. The molecule has 0 radical (unpaired) electrons. The van der Waals surface area contributed by atoms with Crippen LogP contribution in [-0.2, 0) is 20.2 Å². The minimum atomic E-state index is -4.24. The van der Waals surface area contributed by atoms with Crippen molar-refractivity contribution in [2.24, 2.45) is 0 Å². The van der Waals surface area contributed by atoms with Crippen LogP contribution in [0.1, 0.15) is 26.3 Å². The van der Waals surface area contributed by atoms with Crippen LogP contribution in [0.15, 0.2) is 76.1 Å². The number of anilines is 1. The molecule has 0 fully saturated rings. The molecule has 3 aromatic carbocycles. The lowest BCUT2D eigenvalue weighted by Gasteiger charge is -2.25. The summed E-state index contributed by atoms with van der Waals surface area (Å²) in [7, 11) is -2.79. The van der Waals surface area contributed by atoms with Gasteiger partial charge in [-0.25, -0.2) is 8.42 Å². The van der Waals surface area contributed by atoms with E-state index in [4.69, 9.17) is 21.1 Å². The SMILES string of the molecule is COc1ccc(N(C(=O)COc2ccc(Br)cc2C(C)(C)C)S(=O)(=O)c2ccccc2)cc1Cl. The number of hydrogen-bond donors (Lipinski definition) is 0. The van der Waals surface area contributed by atoms with Crippen molar-refractivity contribution in [2.75, 3.05) is 18.0 Å². The van der Waals surface area contributed by atoms with E-state index in [1.54, 1.807) is 30.3 Å². The maximum absolute atomic E-state index is 13.5. The van der Waals surface area contributed by atoms with Gasteiger partial charge in [-0.15, -0.1) is 0 Å². The van der Waals surface area contributed by atoms with Gasteiger partial charge < -0.3 is 9.47 Å². The minimum absolute atomic E-state index is 0.0330. The Balaban J connectivity index is 2.01. The standard InChI is InChI=1S/C25H25BrClNO5S/c1-25(2,3)20-14-17(26)10-12-22(20)33-16-24(29)28(18-11-13-23(32-4)21(27)15-18)34(30,31)19-8-6-5-7-9-19/h5-15H,16H2,1-4H3. The average Bonchev–Trinajstić information content (AvgIpc) is 2.78. The summed E-state index contributed by atoms with van der Waals surface area (Å²) in [5.74, 6) is 0.0811. The number of carbonyl (C=O) groups excluding carboxylic acids is 1. The summed E-state index contributed by atoms with van der Waals surface area (Å²) in [5, 5.41) is 0.171. The molecule has 0 aromatic heterocycles. The van der Waals surface area contributed by atoms with Crippen LogP contribution >= 0.6 is 27.5 Å². The lowest BCUT2D eigenvalue weighted by Crippen LogP contribution is -2.40. The van der Waals surface area contributed by atoms with Gasteiger partial charge in [0.05, 0.1) is 22.7 Å². The maximum Gasteiger partial charge on any atom is 0.278 e. The molecule has 6 nitrogen and oxygen atoms in total. The quantitative estimate of drug-likeness (QED) is 0.340. The first-order chi connectivity index (χ1) is 15.9. The molecule has 0 atom stereocenters. The number of nitrogens with zero attached hydrogens (tertiary/aromatic N) is 1. The third kappa shape index (κ3) is 5.74. The topological polar surface area (TPSA) is 72.9 Å². The van der Waals surface area contributed by atoms with Gasteiger partial charge in [-0.1, -0.05) is 66.5 Å². The normalized spacial score (nSPS) is 11.7. The number of benzene rings is 3. The van der Waals surface area contributed by atoms with Crippen LogP contribution in [0.3, 0.4) is 0 Å². The van der Waals surface area contributed by atoms with Gasteiger partial charge in [0.25, 0.3) is 15.9 Å². The Hall–Kier alpha value is -2.55. The van der Waals surface area contributed by atoms with Crippen LogP contribution in [0.5, 0.6) is 11.5 Å². The van der Waals surface area contributed by atoms with Crippen LogP contribution in [-0.4, -0.2) is 28.0 Å². The molecule has 0 aliphatic rings. The second kappa shape index (κ2) is 10.4. The van der Waals surface area contributed by atoms with E-state index in [1.807, 2.05) is 26.8 Å². The van der Waals surface area contributed by atoms with E-state index in [0.717, 1.165) is 10.0 Å². The largest absolute Gasteiger partial charge is 0.495 e. The zero-order valence-corrected chi connectivity index (χ0v) is 22.4. The highest BCUT2D eigenvalue weighted by molar-refractivity contribution is 9.10. The zero-order valence-electron chi connectivity index (χ0n) is 19.2. The summed E-state index contributed by atoms with van der Waals surface area (Å²) in [6.45, 7) is 5.57. The second-order valence-electron chi connectivity index (χ2n) is 8.47. The van der Waals surface area contributed by atoms with Gasteiger partial charge in [0.1, 0.15) is 11.5 Å². The smallest absolute Gasteiger partial charge is 0.278 e. The first-order valence-electron chi connectivity index (χ1n) is 10.3. The Morgan fingerprint density at radius 2 is 1.65 bits per heavy atom. The summed E-state index contributed by atoms with van der Waals surface area (Å²) < 4.78 is 39.6. The average molecular weight is 567 g/mol. The number of halogens is 2. The molecule has 0 bridgehead atoms. The highest BCUT2D eigenvalue weighted by atomic mass is 79.9. The monoisotopic (exact) mass is 565 g/mol. The fourth-order valence-electron chi connectivity index (χ4n) is 3.31. The number of ether oxygens (including phenoxy) is 2. The molecule has 9 heteroatoms. The first-order valence-corrected chi connectivity index (χ1v) is 13.0. The van der Waals surface area contributed by atoms with E-state index in [0.29, 0.717) is 15.8 Å². The van der Waals surface area contributed by atoms with Crippen molar-refractivity contribution in [2.45, 2.75) is 31.1 Å². The predicted molar refractivity (Wildman–Crippen MR) is 137 cm³/mol. The van der Waals surface area contributed by atoms with Crippen molar-refractivity contribution < 1.29 is 22.7 Å². The lowest BCUT2D eigenvalue weighted by atomic mass is 9.86. The number of rotatable bonds is 7. The molecule has 3 rings (SSSR count). The van der Waals surface area contributed by atoms with E-state index >= 15 is 0 Å². The minimum Gasteiger partial charge on any atom is -0.495 e. The number of methoxy groups -OCH3 is 1. The highest BCUT2D eigenvalue weighted by Gasteiger charge is 2.32. The molecule has 0 saturated heterocycles. The van der Waals surface area contributed by atoms with Gasteiger partial charge in [-0.3, -0.25) is 4.79 Å². The van der Waals surface area contributed by atoms with Gasteiger partial charge in [-0.05, 0) is 53.9 Å². The number of sulfonamides is 1. The molecule has 1 amide bonds. The third-order valence-electron chi connectivity index (χ3n) is 4.98. The van der Waals surface area contributed by atoms with E-state index in [9.17, 15) is 13.2 Å². The first kappa shape index (κ1) is 26.1. The summed E-state index contributed by atoms with van der Waals surface area (Å²) in [5.41, 5.74) is 0.691. The Kier molecular flexibility index (Phi) is 7.95. The Morgan fingerprint density at radius 3 is 2.24 bits per heavy atom. The molecule has 0 saturated carbocycles. The van der Waals surface area contributed by atoms with E-state index in [2.05, 4.69) is 15.9 Å². The molecule has 0 aliphatic carbocycles. The Labute approximate surface area is 213 Å². The zero-order chi connectivity index (χ0) is 25.1.